The van der Waals surface area contributed by atoms with Crippen molar-refractivity contribution in [1.29, 1.82) is 0 Å². The molecule has 2 nitrogen and oxygen atoms in total. The molecule has 6 heteroatoms. The molecular weight excluding hydrogens is 166 g/mol. The zero-order chi connectivity index (χ0) is 6.62. The van der Waals surface area contributed by atoms with Crippen LogP contribution in [0.25, 0.3) is 0 Å². The summed E-state index contributed by atoms with van der Waals surface area (Å²) in [7, 11) is 3.40. The molecule has 0 bridgehead atoms. The highest BCUT2D eigenvalue weighted by Gasteiger charge is 2.09. The van der Waals surface area contributed by atoms with Gasteiger partial charge in [0.05, 0.1) is 0 Å². The van der Waals surface area contributed by atoms with Crippen molar-refractivity contribution in [1.82, 2.24) is 0 Å². The number of isocyanates is 1. The molecule has 0 aliphatic heterocycles. The smallest absolute Gasteiger partial charge is 0.224 e. The lowest BCUT2D eigenvalue weighted by Crippen LogP contribution is -2.19. The molecule has 0 rings (SSSR count). The summed E-state index contributed by atoms with van der Waals surface area (Å²) < 4.78 is 4.36. The van der Waals surface area contributed by atoms with E-state index in [1.54, 1.807) is 6.08 Å². The standard InChI is InChI=1S/C2H11NOSi4/c4-1-3-8-2(5,6)7/h8H2,5-7H3. The SMILES string of the molecule is O=C=N[SiH2]C([SiH3])([SiH3])[SiH3]. The van der Waals surface area contributed by atoms with Gasteiger partial charge in [-0.2, -0.15) is 0 Å². The monoisotopic (exact) mass is 177 g/mol. The molecule has 0 fully saturated rings. The largest absolute Gasteiger partial charge is 0.256 e. The van der Waals surface area contributed by atoms with E-state index in [4.69, 9.17) is 0 Å². The van der Waals surface area contributed by atoms with Crippen LogP contribution in [0.1, 0.15) is 0 Å². The zero-order valence-electron chi connectivity index (χ0n) is 5.56. The Bertz CT molecular complexity index is 112. The van der Waals surface area contributed by atoms with Gasteiger partial charge >= 0.3 is 0 Å². The summed E-state index contributed by atoms with van der Waals surface area (Å²) in [5.41, 5.74) is 0. The second-order valence-electron chi connectivity index (χ2n) is 2.97. The van der Waals surface area contributed by atoms with Crippen LogP contribution in [0.4, 0.5) is 0 Å². The highest BCUT2D eigenvalue weighted by atomic mass is 28.4. The van der Waals surface area contributed by atoms with Crippen LogP contribution >= 0.6 is 0 Å². The van der Waals surface area contributed by atoms with E-state index in [9.17, 15) is 4.79 Å². The van der Waals surface area contributed by atoms with E-state index in [0.717, 1.165) is 0 Å². The molecule has 0 saturated heterocycles. The fraction of sp³-hybridized carbons (Fsp3) is 0.500. The maximum atomic E-state index is 9.64. The first kappa shape index (κ1) is 8.25. The van der Waals surface area contributed by atoms with E-state index in [-0.39, 0.29) is 9.68 Å². The van der Waals surface area contributed by atoms with E-state index in [2.05, 4.69) is 4.66 Å². The first-order valence-corrected chi connectivity index (χ1v) is 6.94. The third-order valence-corrected chi connectivity index (χ3v) is 4.70. The van der Waals surface area contributed by atoms with Crippen molar-refractivity contribution in [3.63, 3.8) is 0 Å². The Morgan fingerprint density at radius 3 is 2.12 bits per heavy atom. The lowest BCUT2D eigenvalue weighted by molar-refractivity contribution is 0.566. The van der Waals surface area contributed by atoms with Crippen LogP contribution < -0.4 is 0 Å². The highest BCUT2D eigenvalue weighted by Crippen LogP contribution is 2.03. The normalized spacial score (nSPS) is 19.0. The lowest BCUT2D eigenvalue weighted by Gasteiger charge is -2.10. The number of carbonyl (C=O) groups excluding carboxylic acids is 1. The molecule has 0 unspecified atom stereocenters. The summed E-state index contributed by atoms with van der Waals surface area (Å²) in [5.74, 6) is 0. The minimum atomic E-state index is -0.364. The van der Waals surface area contributed by atoms with E-state index < -0.39 is 0 Å². The van der Waals surface area contributed by atoms with Crippen molar-refractivity contribution in [3.05, 3.63) is 0 Å². The van der Waals surface area contributed by atoms with E-state index in [1.165, 1.54) is 30.7 Å². The fourth-order valence-electron chi connectivity index (χ4n) is 0.269. The van der Waals surface area contributed by atoms with Crippen molar-refractivity contribution in [2.75, 3.05) is 0 Å². The van der Waals surface area contributed by atoms with Crippen LogP contribution in [0.5, 0.6) is 0 Å². The predicted molar refractivity (Wildman–Crippen MR) is 49.2 cm³/mol. The van der Waals surface area contributed by atoms with Gasteiger partial charge < -0.3 is 0 Å². The maximum Gasteiger partial charge on any atom is 0.224 e. The average Bonchev–Trinajstić information content (AvgIpc) is 1.59. The Balaban J connectivity index is 3.55. The first-order chi connectivity index (χ1) is 3.56. The molecule has 0 aromatic heterocycles. The minimum Gasteiger partial charge on any atom is -0.256 e. The minimum absolute atomic E-state index is 0.364. The van der Waals surface area contributed by atoms with Gasteiger partial charge in [-0.1, -0.05) is 3.91 Å². The Hall–Kier alpha value is 0.248. The molecule has 0 aromatic rings. The molecular formula is C2H11NOSi4. The second kappa shape index (κ2) is 3.31. The Morgan fingerprint density at radius 1 is 1.50 bits per heavy atom. The van der Waals surface area contributed by atoms with Crippen molar-refractivity contribution < 1.29 is 4.79 Å². The van der Waals surface area contributed by atoms with Crippen LogP contribution in [0.2, 0.25) is 3.91 Å². The average molecular weight is 177 g/mol. The van der Waals surface area contributed by atoms with Crippen LogP contribution in [0.15, 0.2) is 4.66 Å². The molecule has 0 spiro atoms. The van der Waals surface area contributed by atoms with Crippen molar-refractivity contribution in [2.24, 2.45) is 4.66 Å². The molecule has 0 aliphatic rings. The molecule has 46 valence electrons. The molecule has 0 amide bonds. The Kier molecular flexibility index (Phi) is 3.41. The highest BCUT2D eigenvalue weighted by molar-refractivity contribution is 6.80. The second-order valence-corrected chi connectivity index (χ2v) is 24.1. The van der Waals surface area contributed by atoms with Gasteiger partial charge in [0.25, 0.3) is 0 Å². The Morgan fingerprint density at radius 2 is 2.00 bits per heavy atom. The van der Waals surface area contributed by atoms with Crippen LogP contribution in [-0.2, 0) is 4.79 Å². The van der Waals surface area contributed by atoms with Crippen molar-refractivity contribution >= 4 is 46.5 Å². The topological polar surface area (TPSA) is 29.4 Å². The molecule has 0 N–H and O–H groups in total. The zero-order valence-corrected chi connectivity index (χ0v) is 13.0. The van der Waals surface area contributed by atoms with Gasteiger partial charge in [0, 0.05) is 30.7 Å². The van der Waals surface area contributed by atoms with E-state index in [0.29, 0.717) is 3.91 Å². The first-order valence-electron chi connectivity index (χ1n) is 2.60. The van der Waals surface area contributed by atoms with Crippen molar-refractivity contribution in [2.45, 2.75) is 3.91 Å². The van der Waals surface area contributed by atoms with Crippen LogP contribution in [0.3, 0.4) is 0 Å². The number of hydrogen-bond donors (Lipinski definition) is 0. The summed E-state index contributed by atoms with van der Waals surface area (Å²) >= 11 is 0. The van der Waals surface area contributed by atoms with Crippen LogP contribution in [0, 0.1) is 0 Å². The lowest BCUT2D eigenvalue weighted by atomic mass is 11.7. The van der Waals surface area contributed by atoms with Gasteiger partial charge in [0.2, 0.25) is 6.08 Å². The van der Waals surface area contributed by atoms with Gasteiger partial charge in [0.15, 0.2) is 9.68 Å². The van der Waals surface area contributed by atoms with E-state index in [1.807, 2.05) is 0 Å². The summed E-state index contributed by atoms with van der Waals surface area (Å²) in [6.07, 6.45) is 1.63. The summed E-state index contributed by atoms with van der Waals surface area (Å²) in [6.45, 7) is 0. The molecule has 0 saturated carbocycles. The van der Waals surface area contributed by atoms with E-state index >= 15 is 0 Å². The van der Waals surface area contributed by atoms with Gasteiger partial charge in [0.1, 0.15) is 0 Å². The fourth-order valence-corrected chi connectivity index (χ4v) is 2.23. The predicted octanol–water partition coefficient (Wildman–Crippen LogP) is -4.47. The number of rotatable bonds is 2. The number of hydrogen-bond acceptors (Lipinski definition) is 2. The van der Waals surface area contributed by atoms with Gasteiger partial charge in [-0.3, -0.25) is 4.66 Å². The maximum absolute atomic E-state index is 9.64. The number of nitrogens with zero attached hydrogens (tertiary/aromatic N) is 1. The third kappa shape index (κ3) is 6.25. The summed E-state index contributed by atoms with van der Waals surface area (Å²) in [5, 5.41) is 0. The summed E-state index contributed by atoms with van der Waals surface area (Å²) in [4.78, 5) is 9.64. The molecule has 0 aliphatic carbocycles. The van der Waals surface area contributed by atoms with Gasteiger partial charge in [-0.25, -0.2) is 4.79 Å². The van der Waals surface area contributed by atoms with Crippen molar-refractivity contribution in [3.8, 4) is 0 Å². The van der Waals surface area contributed by atoms with Crippen LogP contribution in [-0.4, -0.2) is 46.5 Å². The quantitative estimate of drug-likeness (QED) is 0.238. The molecule has 0 radical (unpaired) electrons. The molecule has 0 aromatic carbocycles. The molecule has 8 heavy (non-hydrogen) atoms. The van der Waals surface area contributed by atoms with Gasteiger partial charge in [-0.15, -0.1) is 0 Å². The third-order valence-electron chi connectivity index (χ3n) is 0.618. The summed E-state index contributed by atoms with van der Waals surface area (Å²) in [6, 6.07) is 0. The molecule has 0 heterocycles. The Labute approximate surface area is 60.3 Å². The molecule has 0 atom stereocenters. The van der Waals surface area contributed by atoms with Gasteiger partial charge in [-0.05, 0) is 0 Å².